The van der Waals surface area contributed by atoms with Gasteiger partial charge in [-0.3, -0.25) is 4.68 Å². The zero-order chi connectivity index (χ0) is 22.1. The minimum atomic E-state index is 0.545. The first-order valence-electron chi connectivity index (χ1n) is 10.3. The maximum Gasteiger partial charge on any atom is 0.215 e. The topological polar surface area (TPSA) is 104 Å². The van der Waals surface area contributed by atoms with Crippen LogP contribution in [0.1, 0.15) is 16.7 Å². The van der Waals surface area contributed by atoms with Crippen molar-refractivity contribution < 1.29 is 4.74 Å². The summed E-state index contributed by atoms with van der Waals surface area (Å²) in [6, 6.07) is 12.1. The molecule has 0 amide bonds. The molecule has 4 aromatic heterocycles. The molecule has 0 aliphatic heterocycles. The molecule has 3 N–H and O–H groups in total. The number of hydrogen-bond donors (Lipinski definition) is 2. The fourth-order valence-corrected chi connectivity index (χ4v) is 3.87. The van der Waals surface area contributed by atoms with Crippen molar-refractivity contribution in [2.45, 2.75) is 20.0 Å². The quantitative estimate of drug-likeness (QED) is 0.425. The molecule has 0 fully saturated rings. The lowest BCUT2D eigenvalue weighted by Gasteiger charge is -2.08. The van der Waals surface area contributed by atoms with Crippen molar-refractivity contribution in [3.05, 3.63) is 77.9 Å². The van der Waals surface area contributed by atoms with Crippen LogP contribution < -0.4 is 15.8 Å². The maximum absolute atomic E-state index is 5.96. The highest BCUT2D eigenvalue weighted by Crippen LogP contribution is 2.23. The largest absolute Gasteiger partial charge is 0.481 e. The number of nitrogens with zero attached hydrogens (tertiary/aromatic N) is 5. The zero-order valence-corrected chi connectivity index (χ0v) is 17.9. The van der Waals surface area contributed by atoms with E-state index in [4.69, 9.17) is 15.6 Å². The first kappa shape index (κ1) is 19.7. The van der Waals surface area contributed by atoms with Gasteiger partial charge in [0.05, 0.1) is 24.6 Å². The number of aryl methyl sites for hydroxylation is 1. The van der Waals surface area contributed by atoms with Crippen molar-refractivity contribution >= 4 is 33.3 Å². The number of methoxy groups -OCH3 is 1. The van der Waals surface area contributed by atoms with Gasteiger partial charge in [0, 0.05) is 42.3 Å². The van der Waals surface area contributed by atoms with Crippen LogP contribution in [0.4, 0.5) is 11.6 Å². The number of aromatic nitrogens is 5. The van der Waals surface area contributed by atoms with Gasteiger partial charge in [0.15, 0.2) is 0 Å². The average Bonchev–Trinajstić information content (AvgIpc) is 3.21. The van der Waals surface area contributed by atoms with E-state index in [0.717, 1.165) is 44.2 Å². The second-order valence-corrected chi connectivity index (χ2v) is 7.69. The van der Waals surface area contributed by atoms with Crippen molar-refractivity contribution in [2.24, 2.45) is 0 Å². The van der Waals surface area contributed by atoms with Crippen molar-refractivity contribution in [1.29, 1.82) is 0 Å². The molecular formula is C24H23N7O. The summed E-state index contributed by atoms with van der Waals surface area (Å²) in [6.07, 6.45) is 7.33. The van der Waals surface area contributed by atoms with E-state index in [9.17, 15) is 0 Å². The van der Waals surface area contributed by atoms with Crippen LogP contribution in [0, 0.1) is 6.92 Å². The number of rotatable bonds is 6. The Labute approximate surface area is 185 Å². The fourth-order valence-electron chi connectivity index (χ4n) is 3.87. The number of anilines is 2. The van der Waals surface area contributed by atoms with Gasteiger partial charge >= 0.3 is 0 Å². The Morgan fingerprint density at radius 1 is 1.00 bits per heavy atom. The van der Waals surface area contributed by atoms with Crippen molar-refractivity contribution in [3.63, 3.8) is 0 Å². The Balaban J connectivity index is 1.37. The molecule has 8 heteroatoms. The third-order valence-electron chi connectivity index (χ3n) is 5.43. The van der Waals surface area contributed by atoms with Crippen LogP contribution in [0.15, 0.2) is 61.2 Å². The van der Waals surface area contributed by atoms with Crippen LogP contribution in [-0.4, -0.2) is 31.8 Å². The van der Waals surface area contributed by atoms with E-state index in [1.54, 1.807) is 19.5 Å². The lowest BCUT2D eigenvalue weighted by atomic mass is 10.1. The number of ether oxygens (including phenoxy) is 1. The van der Waals surface area contributed by atoms with Gasteiger partial charge in [0.1, 0.15) is 11.6 Å². The minimum Gasteiger partial charge on any atom is -0.481 e. The SMILES string of the molecule is COc1ncc(Cn2cc3c(NCc4ccc5c(N)nccc5c4)nccc3n2)cc1C. The lowest BCUT2D eigenvalue weighted by Crippen LogP contribution is -2.02. The van der Waals surface area contributed by atoms with E-state index in [0.29, 0.717) is 24.8 Å². The minimum absolute atomic E-state index is 0.545. The van der Waals surface area contributed by atoms with Crippen LogP contribution in [0.25, 0.3) is 21.7 Å². The van der Waals surface area contributed by atoms with Gasteiger partial charge in [-0.15, -0.1) is 0 Å². The molecule has 0 aliphatic rings. The molecule has 0 bridgehead atoms. The maximum atomic E-state index is 5.96. The first-order valence-corrected chi connectivity index (χ1v) is 10.3. The molecule has 4 heterocycles. The number of benzene rings is 1. The molecule has 0 aliphatic carbocycles. The van der Waals surface area contributed by atoms with Crippen LogP contribution >= 0.6 is 0 Å². The third-order valence-corrected chi connectivity index (χ3v) is 5.43. The number of nitrogen functional groups attached to an aromatic ring is 1. The third kappa shape index (κ3) is 3.78. The normalized spacial score (nSPS) is 11.2. The summed E-state index contributed by atoms with van der Waals surface area (Å²) in [7, 11) is 1.63. The second-order valence-electron chi connectivity index (χ2n) is 7.69. The summed E-state index contributed by atoms with van der Waals surface area (Å²) >= 11 is 0. The standard InChI is InChI=1S/C24H23N7O/c1-15-9-17(12-29-24(15)32-2)13-31-14-20-21(30-31)6-8-27-23(20)28-11-16-3-4-19-18(10-16)5-7-26-22(19)25/h3-10,12,14H,11,13H2,1-2H3,(H2,25,26)(H,27,28). The molecule has 0 saturated heterocycles. The van der Waals surface area contributed by atoms with E-state index in [1.807, 2.05) is 42.2 Å². The average molecular weight is 425 g/mol. The van der Waals surface area contributed by atoms with Gasteiger partial charge in [-0.05, 0) is 47.7 Å². The molecule has 160 valence electrons. The second kappa shape index (κ2) is 8.14. The highest BCUT2D eigenvalue weighted by molar-refractivity contribution is 5.91. The lowest BCUT2D eigenvalue weighted by molar-refractivity contribution is 0.394. The van der Waals surface area contributed by atoms with Gasteiger partial charge < -0.3 is 15.8 Å². The molecule has 5 rings (SSSR count). The van der Waals surface area contributed by atoms with Crippen LogP contribution in [0.5, 0.6) is 5.88 Å². The van der Waals surface area contributed by atoms with Crippen molar-refractivity contribution in [3.8, 4) is 5.88 Å². The number of nitrogens with one attached hydrogen (secondary N) is 1. The van der Waals surface area contributed by atoms with Crippen LogP contribution in [-0.2, 0) is 13.1 Å². The molecule has 1 aromatic carbocycles. The molecule has 0 spiro atoms. The Bertz CT molecular complexity index is 1430. The Morgan fingerprint density at radius 2 is 1.88 bits per heavy atom. The van der Waals surface area contributed by atoms with E-state index >= 15 is 0 Å². The molecular weight excluding hydrogens is 402 g/mol. The van der Waals surface area contributed by atoms with Gasteiger partial charge in [0.25, 0.3) is 0 Å². The molecule has 8 nitrogen and oxygen atoms in total. The predicted molar refractivity (Wildman–Crippen MR) is 126 cm³/mol. The summed E-state index contributed by atoms with van der Waals surface area (Å²) < 4.78 is 7.16. The van der Waals surface area contributed by atoms with Gasteiger partial charge in [0.2, 0.25) is 5.88 Å². The monoisotopic (exact) mass is 425 g/mol. The van der Waals surface area contributed by atoms with Gasteiger partial charge in [-0.1, -0.05) is 12.1 Å². The van der Waals surface area contributed by atoms with E-state index in [1.165, 1.54) is 0 Å². The Kier molecular flexibility index (Phi) is 5.03. The number of fused-ring (bicyclic) bond motifs is 2. The van der Waals surface area contributed by atoms with Crippen molar-refractivity contribution in [1.82, 2.24) is 24.7 Å². The molecule has 32 heavy (non-hydrogen) atoms. The molecule has 0 atom stereocenters. The highest BCUT2D eigenvalue weighted by atomic mass is 16.5. The summed E-state index contributed by atoms with van der Waals surface area (Å²) in [5, 5.41) is 11.1. The molecule has 0 unspecified atom stereocenters. The smallest absolute Gasteiger partial charge is 0.215 e. The van der Waals surface area contributed by atoms with E-state index in [2.05, 4.69) is 38.5 Å². The summed E-state index contributed by atoms with van der Waals surface area (Å²) in [4.78, 5) is 13.0. The molecule has 5 aromatic rings. The Hall–Kier alpha value is -4.20. The number of nitrogens with two attached hydrogens (primary N) is 1. The zero-order valence-electron chi connectivity index (χ0n) is 17.9. The number of hydrogen-bond acceptors (Lipinski definition) is 7. The van der Waals surface area contributed by atoms with Crippen LogP contribution in [0.3, 0.4) is 0 Å². The van der Waals surface area contributed by atoms with Crippen molar-refractivity contribution in [2.75, 3.05) is 18.2 Å². The number of pyridine rings is 3. The summed E-state index contributed by atoms with van der Waals surface area (Å²) in [5.74, 6) is 1.98. The molecule has 0 radical (unpaired) electrons. The van der Waals surface area contributed by atoms with Crippen LogP contribution in [0.2, 0.25) is 0 Å². The summed E-state index contributed by atoms with van der Waals surface area (Å²) in [6.45, 7) is 3.24. The first-order chi connectivity index (χ1) is 15.6. The molecule has 0 saturated carbocycles. The van der Waals surface area contributed by atoms with E-state index in [-0.39, 0.29) is 0 Å². The van der Waals surface area contributed by atoms with Gasteiger partial charge in [-0.25, -0.2) is 15.0 Å². The Morgan fingerprint density at radius 3 is 2.72 bits per heavy atom. The van der Waals surface area contributed by atoms with E-state index < -0.39 is 0 Å². The summed E-state index contributed by atoms with van der Waals surface area (Å²) in [5.41, 5.74) is 10.0. The fraction of sp³-hybridized carbons (Fsp3) is 0.167. The van der Waals surface area contributed by atoms with Gasteiger partial charge in [-0.2, -0.15) is 5.10 Å². The predicted octanol–water partition coefficient (Wildman–Crippen LogP) is 3.93. The highest BCUT2D eigenvalue weighted by Gasteiger charge is 2.09.